The molecule has 3 aliphatic rings. The molecule has 4 rings (SSSR count). The molecule has 1 aromatic rings. The van der Waals surface area contributed by atoms with Crippen molar-refractivity contribution in [2.24, 2.45) is 0 Å². The summed E-state index contributed by atoms with van der Waals surface area (Å²) in [6.45, 7) is 5.44. The largest absolute Gasteiger partial charge is 0.378 e. The van der Waals surface area contributed by atoms with Gasteiger partial charge in [-0.15, -0.1) is 12.6 Å². The number of carbonyl (C=O) groups excluding carboxylic acids is 1. The van der Waals surface area contributed by atoms with Crippen LogP contribution in [0.25, 0.3) is 0 Å². The molecule has 1 aromatic carbocycles. The van der Waals surface area contributed by atoms with E-state index in [-0.39, 0.29) is 17.4 Å². The first-order chi connectivity index (χ1) is 12.2. The Morgan fingerprint density at radius 1 is 1.00 bits per heavy atom. The van der Waals surface area contributed by atoms with Gasteiger partial charge in [-0.05, 0) is 44.0 Å². The number of rotatable bonds is 3. The van der Waals surface area contributed by atoms with Gasteiger partial charge >= 0.3 is 0 Å². The average molecular weight is 362 g/mol. The Bertz CT molecular complexity index is 612. The molecule has 0 aromatic heterocycles. The van der Waals surface area contributed by atoms with E-state index in [0.717, 1.165) is 44.8 Å². The number of amides is 1. The van der Waals surface area contributed by atoms with Gasteiger partial charge in [-0.3, -0.25) is 4.79 Å². The summed E-state index contributed by atoms with van der Waals surface area (Å²) in [6.07, 6.45) is 4.66. The van der Waals surface area contributed by atoms with Gasteiger partial charge in [0, 0.05) is 30.5 Å². The van der Waals surface area contributed by atoms with Crippen molar-refractivity contribution in [2.75, 3.05) is 36.1 Å². The Labute approximate surface area is 155 Å². The number of benzene rings is 1. The topological polar surface area (TPSA) is 36.0 Å². The Hall–Kier alpha value is -1.40. The molecule has 6 heteroatoms. The molecule has 3 fully saturated rings. The molecule has 5 nitrogen and oxygen atoms in total. The van der Waals surface area contributed by atoms with Crippen LogP contribution in [-0.4, -0.2) is 54.7 Å². The lowest BCUT2D eigenvalue weighted by Crippen LogP contribution is -2.41. The molecule has 1 saturated carbocycles. The third kappa shape index (κ3) is 3.10. The molecule has 0 spiro atoms. The van der Waals surface area contributed by atoms with E-state index in [1.807, 2.05) is 11.8 Å². The number of nitrogens with zero attached hydrogens (tertiary/aromatic N) is 3. The molecule has 2 atom stereocenters. The number of hydrogen-bond acceptors (Lipinski definition) is 5. The Morgan fingerprint density at radius 2 is 1.60 bits per heavy atom. The van der Waals surface area contributed by atoms with E-state index in [9.17, 15) is 4.79 Å². The molecule has 136 valence electrons. The SMILES string of the molecule is CC1C(=O)N(C2CCCC2)C(S)N1c1ccc(N2CCOCC2)cc1. The molecule has 0 radical (unpaired) electrons. The van der Waals surface area contributed by atoms with Gasteiger partial charge in [-0.25, -0.2) is 0 Å². The molecule has 2 saturated heterocycles. The first kappa shape index (κ1) is 17.0. The van der Waals surface area contributed by atoms with Crippen LogP contribution in [0.5, 0.6) is 0 Å². The minimum absolute atomic E-state index is 0.155. The highest BCUT2D eigenvalue weighted by atomic mass is 32.1. The van der Waals surface area contributed by atoms with E-state index in [2.05, 4.69) is 34.1 Å². The summed E-state index contributed by atoms with van der Waals surface area (Å²) in [5.74, 6) is 0.212. The highest BCUT2D eigenvalue weighted by Gasteiger charge is 2.45. The molecule has 1 amide bonds. The fourth-order valence-electron chi connectivity index (χ4n) is 4.35. The highest BCUT2D eigenvalue weighted by molar-refractivity contribution is 7.81. The summed E-state index contributed by atoms with van der Waals surface area (Å²) >= 11 is 4.82. The quantitative estimate of drug-likeness (QED) is 0.840. The van der Waals surface area contributed by atoms with E-state index < -0.39 is 0 Å². The van der Waals surface area contributed by atoms with Crippen LogP contribution in [0.3, 0.4) is 0 Å². The van der Waals surface area contributed by atoms with Crippen LogP contribution in [0.4, 0.5) is 11.4 Å². The molecule has 0 N–H and O–H groups in total. The van der Waals surface area contributed by atoms with Crippen molar-refractivity contribution in [3.63, 3.8) is 0 Å². The third-order valence-corrected chi connectivity index (χ3v) is 6.27. The second-order valence-electron chi connectivity index (χ2n) is 7.23. The second kappa shape index (κ2) is 7.08. The smallest absolute Gasteiger partial charge is 0.247 e. The van der Waals surface area contributed by atoms with Gasteiger partial charge in [0.25, 0.3) is 0 Å². The highest BCUT2D eigenvalue weighted by Crippen LogP contribution is 2.36. The van der Waals surface area contributed by atoms with E-state index in [1.165, 1.54) is 18.5 Å². The van der Waals surface area contributed by atoms with Crippen LogP contribution < -0.4 is 9.80 Å². The van der Waals surface area contributed by atoms with E-state index in [4.69, 9.17) is 17.4 Å². The maximum absolute atomic E-state index is 12.8. The number of ether oxygens (including phenoxy) is 1. The monoisotopic (exact) mass is 361 g/mol. The van der Waals surface area contributed by atoms with Crippen molar-refractivity contribution in [2.45, 2.75) is 50.2 Å². The Kier molecular flexibility index (Phi) is 4.82. The maximum Gasteiger partial charge on any atom is 0.247 e. The summed E-state index contributed by atoms with van der Waals surface area (Å²) in [6, 6.07) is 8.74. The molecule has 25 heavy (non-hydrogen) atoms. The number of morpholine rings is 1. The summed E-state index contributed by atoms with van der Waals surface area (Å²) in [5, 5.41) is 0. The molecule has 0 bridgehead atoms. The van der Waals surface area contributed by atoms with Gasteiger partial charge < -0.3 is 19.4 Å². The number of carbonyl (C=O) groups is 1. The zero-order valence-corrected chi connectivity index (χ0v) is 15.7. The fourth-order valence-corrected chi connectivity index (χ4v) is 4.98. The van der Waals surface area contributed by atoms with Crippen molar-refractivity contribution in [3.05, 3.63) is 24.3 Å². The van der Waals surface area contributed by atoms with E-state index in [0.29, 0.717) is 6.04 Å². The molecular weight excluding hydrogens is 334 g/mol. The fraction of sp³-hybridized carbons (Fsp3) is 0.632. The van der Waals surface area contributed by atoms with Gasteiger partial charge in [0.15, 0.2) is 5.50 Å². The summed E-state index contributed by atoms with van der Waals surface area (Å²) in [7, 11) is 0. The number of hydrogen-bond donors (Lipinski definition) is 1. The van der Waals surface area contributed by atoms with Crippen LogP contribution >= 0.6 is 12.6 Å². The van der Waals surface area contributed by atoms with Gasteiger partial charge in [-0.1, -0.05) is 12.8 Å². The predicted octanol–water partition coefficient (Wildman–Crippen LogP) is 2.72. The molecule has 2 aliphatic heterocycles. The molecule has 2 heterocycles. The van der Waals surface area contributed by atoms with Crippen LogP contribution in [0.1, 0.15) is 32.6 Å². The third-order valence-electron chi connectivity index (χ3n) is 5.77. The lowest BCUT2D eigenvalue weighted by Gasteiger charge is -2.32. The normalized spacial score (nSPS) is 28.2. The second-order valence-corrected chi connectivity index (χ2v) is 7.69. The summed E-state index contributed by atoms with van der Waals surface area (Å²) in [4.78, 5) is 19.3. The van der Waals surface area contributed by atoms with Gasteiger partial charge in [-0.2, -0.15) is 0 Å². The maximum atomic E-state index is 12.8. The van der Waals surface area contributed by atoms with Crippen molar-refractivity contribution < 1.29 is 9.53 Å². The van der Waals surface area contributed by atoms with Crippen LogP contribution in [0.2, 0.25) is 0 Å². The van der Waals surface area contributed by atoms with Gasteiger partial charge in [0.2, 0.25) is 5.91 Å². The van der Waals surface area contributed by atoms with E-state index >= 15 is 0 Å². The predicted molar refractivity (Wildman–Crippen MR) is 103 cm³/mol. The van der Waals surface area contributed by atoms with Crippen LogP contribution in [0, 0.1) is 0 Å². The summed E-state index contributed by atoms with van der Waals surface area (Å²) in [5.41, 5.74) is 2.12. The average Bonchev–Trinajstić information content (AvgIpc) is 3.24. The minimum atomic E-state index is -0.167. The number of anilines is 2. The Morgan fingerprint density at radius 3 is 2.24 bits per heavy atom. The summed E-state index contributed by atoms with van der Waals surface area (Å²) < 4.78 is 5.42. The molecule has 2 unspecified atom stereocenters. The first-order valence-electron chi connectivity index (χ1n) is 9.38. The van der Waals surface area contributed by atoms with E-state index in [1.54, 1.807) is 0 Å². The number of thiol groups is 1. The Balaban J connectivity index is 1.53. The molecular formula is C19H27N3O2S. The van der Waals surface area contributed by atoms with Crippen molar-refractivity contribution in [1.82, 2.24) is 4.90 Å². The lowest BCUT2D eigenvalue weighted by atomic mass is 10.2. The van der Waals surface area contributed by atoms with Crippen LogP contribution in [-0.2, 0) is 9.53 Å². The van der Waals surface area contributed by atoms with Gasteiger partial charge in [0.1, 0.15) is 6.04 Å². The molecule has 1 aliphatic carbocycles. The standard InChI is InChI=1S/C19H27N3O2S/c1-14-18(23)22(16-4-2-3-5-16)19(25)21(14)17-8-6-15(7-9-17)20-10-12-24-13-11-20/h6-9,14,16,19,25H,2-5,10-13H2,1H3. The zero-order valence-electron chi connectivity index (χ0n) is 14.8. The van der Waals surface area contributed by atoms with Crippen molar-refractivity contribution >= 4 is 29.9 Å². The lowest BCUT2D eigenvalue weighted by molar-refractivity contribution is -0.130. The van der Waals surface area contributed by atoms with Crippen molar-refractivity contribution in [3.8, 4) is 0 Å². The first-order valence-corrected chi connectivity index (χ1v) is 9.90. The minimum Gasteiger partial charge on any atom is -0.378 e. The zero-order chi connectivity index (χ0) is 17.4. The van der Waals surface area contributed by atoms with Crippen LogP contribution in [0.15, 0.2) is 24.3 Å². The van der Waals surface area contributed by atoms with Crippen molar-refractivity contribution in [1.29, 1.82) is 0 Å². The van der Waals surface area contributed by atoms with Gasteiger partial charge in [0.05, 0.1) is 13.2 Å².